The van der Waals surface area contributed by atoms with Crippen molar-refractivity contribution < 1.29 is 14.6 Å². The van der Waals surface area contributed by atoms with Crippen LogP contribution in [0.5, 0.6) is 5.75 Å². The number of nitrogens with one attached hydrogen (secondary N) is 1. The van der Waals surface area contributed by atoms with E-state index in [4.69, 9.17) is 4.74 Å². The highest BCUT2D eigenvalue weighted by atomic mass is 79.9. The molecule has 3 aromatic rings. The molecule has 1 heterocycles. The van der Waals surface area contributed by atoms with Crippen molar-refractivity contribution in [1.29, 1.82) is 0 Å². The lowest BCUT2D eigenvalue weighted by atomic mass is 10.0. The fourth-order valence-corrected chi connectivity index (χ4v) is 2.98. The van der Waals surface area contributed by atoms with E-state index in [9.17, 15) is 9.90 Å². The number of carboxylic acids is 1. The lowest BCUT2D eigenvalue weighted by molar-refractivity contribution is -0.136. The molecule has 1 aromatic heterocycles. The van der Waals surface area contributed by atoms with Crippen LogP contribution < -0.4 is 4.74 Å². The molecule has 2 N–H and O–H groups in total. The molecule has 22 heavy (non-hydrogen) atoms. The zero-order chi connectivity index (χ0) is 15.7. The molecular formula is C17H14BrNO3. The molecule has 0 aliphatic rings. The molecule has 0 amide bonds. The van der Waals surface area contributed by atoms with Crippen LogP contribution in [-0.2, 0) is 11.2 Å². The predicted octanol–water partition coefficient (Wildman–Crippen LogP) is 4.23. The first-order valence-corrected chi connectivity index (χ1v) is 7.54. The number of aliphatic carboxylic acids is 1. The molecule has 0 spiro atoms. The molecule has 0 fully saturated rings. The van der Waals surface area contributed by atoms with Crippen LogP contribution in [0.15, 0.2) is 46.9 Å². The fourth-order valence-electron chi connectivity index (χ4n) is 2.58. The standard InChI is InChI=1S/C17H14BrNO3/c1-22-12-5-6-15-13(8-12)14(9-16(20)21)17(19-15)10-3-2-4-11(18)7-10/h2-8,19H,9H2,1H3,(H,20,21). The number of carbonyl (C=O) groups is 1. The van der Waals surface area contributed by atoms with Crippen molar-refractivity contribution >= 4 is 32.8 Å². The average molecular weight is 360 g/mol. The van der Waals surface area contributed by atoms with Gasteiger partial charge in [-0.2, -0.15) is 0 Å². The Morgan fingerprint density at radius 1 is 1.27 bits per heavy atom. The van der Waals surface area contributed by atoms with Crippen LogP contribution in [0.4, 0.5) is 0 Å². The topological polar surface area (TPSA) is 62.3 Å². The monoisotopic (exact) mass is 359 g/mol. The summed E-state index contributed by atoms with van der Waals surface area (Å²) < 4.78 is 6.19. The van der Waals surface area contributed by atoms with E-state index in [0.29, 0.717) is 5.75 Å². The molecule has 5 heteroatoms. The molecule has 0 aliphatic carbocycles. The van der Waals surface area contributed by atoms with Gasteiger partial charge in [-0.3, -0.25) is 4.79 Å². The summed E-state index contributed by atoms with van der Waals surface area (Å²) in [6.45, 7) is 0. The molecule has 0 radical (unpaired) electrons. The number of methoxy groups -OCH3 is 1. The third-order valence-corrected chi connectivity index (χ3v) is 4.05. The second-order valence-corrected chi connectivity index (χ2v) is 5.89. The molecule has 2 aromatic carbocycles. The van der Waals surface area contributed by atoms with Crippen LogP contribution in [0.1, 0.15) is 5.56 Å². The largest absolute Gasteiger partial charge is 0.497 e. The van der Waals surface area contributed by atoms with Crippen molar-refractivity contribution in [3.63, 3.8) is 0 Å². The number of benzene rings is 2. The second kappa shape index (κ2) is 5.85. The number of hydrogen-bond acceptors (Lipinski definition) is 2. The number of rotatable bonds is 4. The van der Waals surface area contributed by atoms with Crippen molar-refractivity contribution in [2.45, 2.75) is 6.42 Å². The minimum absolute atomic E-state index is 0.0466. The van der Waals surface area contributed by atoms with Gasteiger partial charge in [0.05, 0.1) is 19.2 Å². The molecule has 0 aliphatic heterocycles. The maximum absolute atomic E-state index is 11.3. The molecule has 0 saturated heterocycles. The molecule has 112 valence electrons. The number of ether oxygens (including phenoxy) is 1. The summed E-state index contributed by atoms with van der Waals surface area (Å²) in [7, 11) is 1.60. The van der Waals surface area contributed by atoms with Crippen molar-refractivity contribution in [2.75, 3.05) is 7.11 Å². The quantitative estimate of drug-likeness (QED) is 0.732. The number of H-pyrrole nitrogens is 1. The lowest BCUT2D eigenvalue weighted by Crippen LogP contribution is -2.01. The summed E-state index contributed by atoms with van der Waals surface area (Å²) >= 11 is 3.45. The van der Waals surface area contributed by atoms with Crippen LogP contribution in [-0.4, -0.2) is 23.2 Å². The van der Waals surface area contributed by atoms with E-state index in [1.165, 1.54) is 0 Å². The van der Waals surface area contributed by atoms with Crippen molar-refractivity contribution in [2.24, 2.45) is 0 Å². The van der Waals surface area contributed by atoms with E-state index < -0.39 is 5.97 Å². The first-order valence-electron chi connectivity index (χ1n) is 6.75. The van der Waals surface area contributed by atoms with Crippen LogP contribution >= 0.6 is 15.9 Å². The van der Waals surface area contributed by atoms with Crippen LogP contribution in [0, 0.1) is 0 Å². The van der Waals surface area contributed by atoms with Crippen molar-refractivity contribution in [3.05, 3.63) is 52.5 Å². The van der Waals surface area contributed by atoms with Gasteiger partial charge in [-0.25, -0.2) is 0 Å². The molecular weight excluding hydrogens is 346 g/mol. The summed E-state index contributed by atoms with van der Waals surface area (Å²) in [5.74, 6) is -0.154. The number of fused-ring (bicyclic) bond motifs is 1. The van der Waals surface area contributed by atoms with Crippen LogP contribution in [0.25, 0.3) is 22.2 Å². The highest BCUT2D eigenvalue weighted by Gasteiger charge is 2.16. The number of halogens is 1. The van der Waals surface area contributed by atoms with Gasteiger partial charge in [-0.15, -0.1) is 0 Å². The highest BCUT2D eigenvalue weighted by molar-refractivity contribution is 9.10. The van der Waals surface area contributed by atoms with Gasteiger partial charge < -0.3 is 14.8 Å². The minimum Gasteiger partial charge on any atom is -0.497 e. The minimum atomic E-state index is -0.861. The maximum Gasteiger partial charge on any atom is 0.307 e. The predicted molar refractivity (Wildman–Crippen MR) is 89.3 cm³/mol. The Bertz CT molecular complexity index is 854. The Balaban J connectivity index is 2.26. The third kappa shape index (κ3) is 2.72. The van der Waals surface area contributed by atoms with Crippen molar-refractivity contribution in [3.8, 4) is 17.0 Å². The number of hydrogen-bond donors (Lipinski definition) is 2. The van der Waals surface area contributed by atoms with E-state index in [2.05, 4.69) is 20.9 Å². The van der Waals surface area contributed by atoms with Crippen LogP contribution in [0.2, 0.25) is 0 Å². The summed E-state index contributed by atoms with van der Waals surface area (Å²) in [5, 5.41) is 10.1. The molecule has 0 atom stereocenters. The van der Waals surface area contributed by atoms with E-state index in [1.807, 2.05) is 42.5 Å². The first-order chi connectivity index (χ1) is 10.6. The Hall–Kier alpha value is -2.27. The zero-order valence-corrected chi connectivity index (χ0v) is 13.5. The van der Waals surface area contributed by atoms with Gasteiger partial charge in [0, 0.05) is 15.4 Å². The molecule has 0 unspecified atom stereocenters. The van der Waals surface area contributed by atoms with Crippen LogP contribution in [0.3, 0.4) is 0 Å². The molecule has 0 bridgehead atoms. The lowest BCUT2D eigenvalue weighted by Gasteiger charge is -2.04. The Kier molecular flexibility index (Phi) is 3.90. The summed E-state index contributed by atoms with van der Waals surface area (Å²) in [6.07, 6.45) is -0.0466. The van der Waals surface area contributed by atoms with Gasteiger partial charge in [-0.05, 0) is 41.5 Å². The first kappa shape index (κ1) is 14.7. The van der Waals surface area contributed by atoms with E-state index in [1.54, 1.807) is 7.11 Å². The summed E-state index contributed by atoms with van der Waals surface area (Å²) in [4.78, 5) is 14.6. The number of aromatic amines is 1. The zero-order valence-electron chi connectivity index (χ0n) is 11.9. The van der Waals surface area contributed by atoms with Gasteiger partial charge >= 0.3 is 5.97 Å². The average Bonchev–Trinajstić information content (AvgIpc) is 2.84. The van der Waals surface area contributed by atoms with Gasteiger partial charge in [-0.1, -0.05) is 28.1 Å². The third-order valence-electron chi connectivity index (χ3n) is 3.55. The molecule has 0 saturated carbocycles. The summed E-state index contributed by atoms with van der Waals surface area (Å²) in [5.41, 5.74) is 3.43. The van der Waals surface area contributed by atoms with Gasteiger partial charge in [0.2, 0.25) is 0 Å². The SMILES string of the molecule is COc1ccc2[nH]c(-c3cccc(Br)c3)c(CC(=O)O)c2c1. The number of carboxylic acid groups (broad SMARTS) is 1. The molecule has 4 nitrogen and oxygen atoms in total. The fraction of sp³-hybridized carbons (Fsp3) is 0.118. The number of aromatic nitrogens is 1. The normalized spacial score (nSPS) is 10.8. The maximum atomic E-state index is 11.3. The highest BCUT2D eigenvalue weighted by Crippen LogP contribution is 2.33. The molecule has 3 rings (SSSR count). The smallest absolute Gasteiger partial charge is 0.307 e. The van der Waals surface area contributed by atoms with Gasteiger partial charge in [0.25, 0.3) is 0 Å². The van der Waals surface area contributed by atoms with E-state index in [0.717, 1.165) is 32.2 Å². The Morgan fingerprint density at radius 3 is 2.77 bits per heavy atom. The van der Waals surface area contributed by atoms with E-state index >= 15 is 0 Å². The second-order valence-electron chi connectivity index (χ2n) is 4.97. The summed E-state index contributed by atoms with van der Waals surface area (Å²) in [6, 6.07) is 13.4. The Labute approximate surface area is 135 Å². The van der Waals surface area contributed by atoms with Gasteiger partial charge in [0.15, 0.2) is 0 Å². The van der Waals surface area contributed by atoms with E-state index in [-0.39, 0.29) is 6.42 Å². The van der Waals surface area contributed by atoms with Gasteiger partial charge in [0.1, 0.15) is 5.75 Å². The van der Waals surface area contributed by atoms with Crippen molar-refractivity contribution in [1.82, 2.24) is 4.98 Å². The Morgan fingerprint density at radius 2 is 2.09 bits per heavy atom.